The number of carbonyl (C=O) groups excluding carboxylic acids is 2. The molecule has 2 aromatic rings. The lowest BCUT2D eigenvalue weighted by Gasteiger charge is -2.17. The number of aromatic nitrogens is 1. The summed E-state index contributed by atoms with van der Waals surface area (Å²) in [5.41, 5.74) is 4.24. The zero-order valence-electron chi connectivity index (χ0n) is 17.7. The molecule has 1 amide bonds. The van der Waals surface area contributed by atoms with Crippen LogP contribution >= 0.6 is 7.60 Å². The maximum atomic E-state index is 11.7. The molecule has 8 nitrogen and oxygen atoms in total. The summed E-state index contributed by atoms with van der Waals surface area (Å²) in [6.07, 6.45) is 2.72. The van der Waals surface area contributed by atoms with Gasteiger partial charge in [-0.05, 0) is 42.9 Å². The number of nitrogens with zero attached hydrogens (tertiary/aromatic N) is 1. The zero-order chi connectivity index (χ0) is 22.5. The SMILES string of the molecule is CCc1c(CC(C)CP(=O)(O)O)c(NC(=O)C=O)cn1Cc1c(C)cccc1OC. The fourth-order valence-electron chi connectivity index (χ4n) is 3.75. The highest BCUT2D eigenvalue weighted by Crippen LogP contribution is 2.39. The number of benzene rings is 1. The third-order valence-corrected chi connectivity index (χ3v) is 6.12. The van der Waals surface area contributed by atoms with Gasteiger partial charge in [-0.25, -0.2) is 0 Å². The van der Waals surface area contributed by atoms with Gasteiger partial charge in [0, 0.05) is 17.5 Å². The minimum absolute atomic E-state index is 0.205. The summed E-state index contributed by atoms with van der Waals surface area (Å²) in [6.45, 7) is 6.22. The zero-order valence-corrected chi connectivity index (χ0v) is 18.6. The summed E-state index contributed by atoms with van der Waals surface area (Å²) in [6, 6.07) is 5.79. The molecule has 1 aromatic carbocycles. The van der Waals surface area contributed by atoms with Crippen LogP contribution in [0.3, 0.4) is 0 Å². The first-order valence-corrected chi connectivity index (χ1v) is 11.5. The van der Waals surface area contributed by atoms with E-state index in [0.29, 0.717) is 25.1 Å². The molecule has 0 aliphatic heterocycles. The fourth-order valence-corrected chi connectivity index (χ4v) is 4.70. The Hall–Kier alpha value is -2.41. The maximum Gasteiger partial charge on any atom is 0.325 e. The van der Waals surface area contributed by atoms with Crippen molar-refractivity contribution in [1.82, 2.24) is 4.57 Å². The van der Waals surface area contributed by atoms with E-state index in [9.17, 15) is 23.9 Å². The molecule has 164 valence electrons. The molecule has 1 heterocycles. The lowest BCUT2D eigenvalue weighted by Crippen LogP contribution is -2.14. The van der Waals surface area contributed by atoms with Crippen LogP contribution in [0.5, 0.6) is 5.75 Å². The van der Waals surface area contributed by atoms with Gasteiger partial charge >= 0.3 is 7.60 Å². The van der Waals surface area contributed by atoms with Crippen LogP contribution in [0.2, 0.25) is 0 Å². The minimum Gasteiger partial charge on any atom is -0.496 e. The number of anilines is 1. The van der Waals surface area contributed by atoms with Gasteiger partial charge in [-0.1, -0.05) is 26.0 Å². The summed E-state index contributed by atoms with van der Waals surface area (Å²) >= 11 is 0. The first-order valence-electron chi connectivity index (χ1n) is 9.73. The van der Waals surface area contributed by atoms with Crippen LogP contribution in [0.15, 0.2) is 24.4 Å². The molecule has 1 atom stereocenters. The minimum atomic E-state index is -4.16. The van der Waals surface area contributed by atoms with E-state index in [2.05, 4.69) is 5.32 Å². The van der Waals surface area contributed by atoms with Crippen molar-refractivity contribution < 1.29 is 28.7 Å². The molecule has 3 N–H and O–H groups in total. The molecule has 0 saturated carbocycles. The third kappa shape index (κ3) is 6.05. The van der Waals surface area contributed by atoms with E-state index < -0.39 is 13.5 Å². The van der Waals surface area contributed by atoms with Crippen molar-refractivity contribution >= 4 is 25.5 Å². The van der Waals surface area contributed by atoms with Gasteiger partial charge in [0.05, 0.1) is 25.5 Å². The van der Waals surface area contributed by atoms with Crippen molar-refractivity contribution in [3.8, 4) is 5.75 Å². The Bertz CT molecular complexity index is 963. The lowest BCUT2D eigenvalue weighted by atomic mass is 10.0. The monoisotopic (exact) mass is 436 g/mol. The second-order valence-corrected chi connectivity index (χ2v) is 9.16. The van der Waals surface area contributed by atoms with Crippen LogP contribution in [0, 0.1) is 12.8 Å². The molecule has 0 aliphatic carbocycles. The quantitative estimate of drug-likeness (QED) is 0.299. The van der Waals surface area contributed by atoms with Crippen molar-refractivity contribution in [3.63, 3.8) is 0 Å². The molecule has 2 rings (SSSR count). The molecule has 0 spiro atoms. The Morgan fingerprint density at radius 3 is 2.60 bits per heavy atom. The number of amides is 1. The average Bonchev–Trinajstić information content (AvgIpc) is 2.97. The fraction of sp³-hybridized carbons (Fsp3) is 0.429. The van der Waals surface area contributed by atoms with E-state index in [-0.39, 0.29) is 18.4 Å². The Morgan fingerprint density at radius 1 is 1.33 bits per heavy atom. The Labute approximate surface area is 176 Å². The summed E-state index contributed by atoms with van der Waals surface area (Å²) in [5.74, 6) is -0.334. The van der Waals surface area contributed by atoms with Gasteiger partial charge in [0.2, 0.25) is 6.29 Å². The molecule has 1 aromatic heterocycles. The van der Waals surface area contributed by atoms with Crippen LogP contribution in [0.25, 0.3) is 0 Å². The van der Waals surface area contributed by atoms with E-state index in [4.69, 9.17) is 4.74 Å². The van der Waals surface area contributed by atoms with Gasteiger partial charge in [-0.2, -0.15) is 0 Å². The first-order chi connectivity index (χ1) is 14.1. The lowest BCUT2D eigenvalue weighted by molar-refractivity contribution is -0.127. The van der Waals surface area contributed by atoms with Crippen molar-refractivity contribution in [2.24, 2.45) is 5.92 Å². The number of hydrogen-bond donors (Lipinski definition) is 3. The Balaban J connectivity index is 2.50. The number of methoxy groups -OCH3 is 1. The van der Waals surface area contributed by atoms with Gasteiger partial charge < -0.3 is 24.4 Å². The highest BCUT2D eigenvalue weighted by molar-refractivity contribution is 7.51. The third-order valence-electron chi connectivity index (χ3n) is 5.02. The van der Waals surface area contributed by atoms with Crippen molar-refractivity contribution in [1.29, 1.82) is 0 Å². The molecular formula is C21H29N2O6P. The maximum absolute atomic E-state index is 11.7. The highest BCUT2D eigenvalue weighted by Gasteiger charge is 2.23. The van der Waals surface area contributed by atoms with Crippen LogP contribution < -0.4 is 10.1 Å². The average molecular weight is 436 g/mol. The summed E-state index contributed by atoms with van der Waals surface area (Å²) in [4.78, 5) is 41.2. The van der Waals surface area contributed by atoms with Gasteiger partial charge in [0.15, 0.2) is 0 Å². The number of aldehydes is 1. The summed E-state index contributed by atoms with van der Waals surface area (Å²) in [5, 5.41) is 2.60. The second kappa shape index (κ2) is 10.1. The van der Waals surface area contributed by atoms with Crippen LogP contribution in [-0.4, -0.2) is 39.8 Å². The number of nitrogens with one attached hydrogen (secondary N) is 1. The molecule has 0 bridgehead atoms. The highest BCUT2D eigenvalue weighted by atomic mass is 31.2. The van der Waals surface area contributed by atoms with Crippen LogP contribution in [0.4, 0.5) is 5.69 Å². The van der Waals surface area contributed by atoms with E-state index in [1.807, 2.05) is 36.6 Å². The second-order valence-electron chi connectivity index (χ2n) is 7.47. The molecule has 0 aliphatic rings. The molecule has 9 heteroatoms. The van der Waals surface area contributed by atoms with Crippen molar-refractivity contribution in [2.75, 3.05) is 18.6 Å². The van der Waals surface area contributed by atoms with Gasteiger partial charge in [0.1, 0.15) is 5.75 Å². The Kier molecular flexibility index (Phi) is 8.01. The van der Waals surface area contributed by atoms with Gasteiger partial charge in [-0.15, -0.1) is 0 Å². The van der Waals surface area contributed by atoms with Crippen molar-refractivity contribution in [2.45, 2.75) is 40.2 Å². The molecule has 0 saturated heterocycles. The predicted octanol–water partition coefficient (Wildman–Crippen LogP) is 2.91. The molecule has 1 unspecified atom stereocenters. The van der Waals surface area contributed by atoms with Crippen LogP contribution in [0.1, 0.15) is 36.2 Å². The normalized spacial score (nSPS) is 12.5. The number of ether oxygens (including phenoxy) is 1. The number of carbonyl (C=O) groups is 2. The topological polar surface area (TPSA) is 118 Å². The number of aryl methyl sites for hydroxylation is 1. The van der Waals surface area contributed by atoms with E-state index in [0.717, 1.165) is 28.1 Å². The number of rotatable bonds is 10. The van der Waals surface area contributed by atoms with E-state index in [1.54, 1.807) is 20.2 Å². The molecular weight excluding hydrogens is 407 g/mol. The standard InChI is InChI=1S/C21H29N2O6P/c1-5-19-16(9-14(2)13-30(26,27)28)18(22-21(25)12-24)11-23(19)10-17-15(3)7-6-8-20(17)29-4/h6-8,11-12,14H,5,9-10,13H2,1-4H3,(H,22,25)(H2,26,27,28). The first kappa shape index (κ1) is 23.9. The van der Waals surface area contributed by atoms with Gasteiger partial charge in [-0.3, -0.25) is 14.2 Å². The number of hydrogen-bond acceptors (Lipinski definition) is 4. The van der Waals surface area contributed by atoms with Gasteiger partial charge in [0.25, 0.3) is 5.91 Å². The molecule has 0 radical (unpaired) electrons. The van der Waals surface area contributed by atoms with Crippen LogP contribution in [-0.2, 0) is 33.5 Å². The Morgan fingerprint density at radius 2 is 2.03 bits per heavy atom. The summed E-state index contributed by atoms with van der Waals surface area (Å²) in [7, 11) is -2.55. The smallest absolute Gasteiger partial charge is 0.325 e. The predicted molar refractivity (Wildman–Crippen MR) is 115 cm³/mol. The molecule has 0 fully saturated rings. The van der Waals surface area contributed by atoms with E-state index in [1.165, 1.54) is 0 Å². The molecule has 30 heavy (non-hydrogen) atoms. The van der Waals surface area contributed by atoms with E-state index >= 15 is 0 Å². The summed E-state index contributed by atoms with van der Waals surface area (Å²) < 4.78 is 18.9. The largest absolute Gasteiger partial charge is 0.496 e. The van der Waals surface area contributed by atoms with Crippen molar-refractivity contribution in [3.05, 3.63) is 46.8 Å².